The molecule has 0 aliphatic carbocycles. The molecule has 2 nitrogen and oxygen atoms in total. The average Bonchev–Trinajstić information content (AvgIpc) is 2.58. The molecule has 2 aromatic carbocycles. The maximum atomic E-state index is 11.4. The Kier molecular flexibility index (Phi) is 6.35. The lowest BCUT2D eigenvalue weighted by Crippen LogP contribution is -1.99. The van der Waals surface area contributed by atoms with E-state index in [4.69, 9.17) is 4.74 Å². The predicted octanol–water partition coefficient (Wildman–Crippen LogP) is 5.93. The van der Waals surface area contributed by atoms with Crippen molar-refractivity contribution in [3.05, 3.63) is 76.9 Å². The minimum Gasteiger partial charge on any atom is -0.463 e. The Hall–Kier alpha value is -2.61. The van der Waals surface area contributed by atoms with E-state index in [-0.39, 0.29) is 5.97 Å². The molecule has 0 bridgehead atoms. The van der Waals surface area contributed by atoms with Crippen molar-refractivity contribution in [2.45, 2.75) is 34.6 Å². The van der Waals surface area contributed by atoms with E-state index in [0.717, 1.165) is 5.57 Å². The Bertz CT molecular complexity index is 867. The van der Waals surface area contributed by atoms with E-state index >= 15 is 0 Å². The van der Waals surface area contributed by atoms with Crippen LogP contribution in [0.15, 0.2) is 60.2 Å². The molecule has 25 heavy (non-hydrogen) atoms. The first kappa shape index (κ1) is 18.7. The van der Waals surface area contributed by atoms with Crippen molar-refractivity contribution < 1.29 is 9.53 Å². The van der Waals surface area contributed by atoms with Crippen LogP contribution in [0.2, 0.25) is 0 Å². The van der Waals surface area contributed by atoms with Gasteiger partial charge in [0.05, 0.1) is 6.61 Å². The molecular weight excluding hydrogens is 308 g/mol. The van der Waals surface area contributed by atoms with Crippen molar-refractivity contribution in [3.63, 3.8) is 0 Å². The van der Waals surface area contributed by atoms with Crippen LogP contribution in [0.25, 0.3) is 16.3 Å². The van der Waals surface area contributed by atoms with E-state index in [1.807, 2.05) is 19.1 Å². The highest BCUT2D eigenvalue weighted by Gasteiger charge is 2.07. The van der Waals surface area contributed by atoms with Crippen LogP contribution in [-0.2, 0) is 9.53 Å². The van der Waals surface area contributed by atoms with Crippen molar-refractivity contribution in [2.24, 2.45) is 0 Å². The normalized spacial score (nSPS) is 12.8. The summed E-state index contributed by atoms with van der Waals surface area (Å²) in [5, 5.41) is 2.60. The van der Waals surface area contributed by atoms with Crippen molar-refractivity contribution in [3.8, 4) is 0 Å². The summed E-state index contributed by atoms with van der Waals surface area (Å²) in [6.45, 7) is 10.5. The highest BCUT2D eigenvalue weighted by Crippen LogP contribution is 2.29. The van der Waals surface area contributed by atoms with Crippen LogP contribution in [0.4, 0.5) is 0 Å². The molecule has 130 valence electrons. The van der Waals surface area contributed by atoms with Crippen LogP contribution in [0.3, 0.4) is 0 Å². The van der Waals surface area contributed by atoms with E-state index in [0.29, 0.717) is 6.61 Å². The zero-order valence-electron chi connectivity index (χ0n) is 15.7. The monoisotopic (exact) mass is 334 g/mol. The minimum atomic E-state index is -0.300. The smallest absolute Gasteiger partial charge is 0.330 e. The Labute approximate surface area is 150 Å². The van der Waals surface area contributed by atoms with Crippen LogP contribution in [0, 0.1) is 13.8 Å². The van der Waals surface area contributed by atoms with E-state index in [2.05, 4.69) is 57.2 Å². The molecule has 2 aromatic rings. The lowest BCUT2D eigenvalue weighted by atomic mass is 9.92. The number of carbonyl (C=O) groups is 1. The lowest BCUT2D eigenvalue weighted by Gasteiger charge is -2.12. The topological polar surface area (TPSA) is 26.3 Å². The van der Waals surface area contributed by atoms with Crippen LogP contribution >= 0.6 is 0 Å². The van der Waals surface area contributed by atoms with Crippen molar-refractivity contribution in [1.29, 1.82) is 0 Å². The molecule has 2 rings (SSSR count). The summed E-state index contributed by atoms with van der Waals surface area (Å²) in [5.41, 5.74) is 5.90. The van der Waals surface area contributed by atoms with E-state index in [1.54, 1.807) is 6.92 Å². The zero-order valence-corrected chi connectivity index (χ0v) is 15.7. The maximum Gasteiger partial charge on any atom is 0.330 e. The van der Waals surface area contributed by atoms with Gasteiger partial charge in [0.15, 0.2) is 0 Å². The molecule has 0 saturated carbocycles. The Morgan fingerprint density at radius 2 is 1.80 bits per heavy atom. The molecular formula is C23H26O2. The van der Waals surface area contributed by atoms with Gasteiger partial charge in [-0.1, -0.05) is 48.6 Å². The predicted molar refractivity (Wildman–Crippen MR) is 107 cm³/mol. The Morgan fingerprint density at radius 3 is 2.48 bits per heavy atom. The third-order valence-corrected chi connectivity index (χ3v) is 4.28. The van der Waals surface area contributed by atoms with E-state index < -0.39 is 0 Å². The van der Waals surface area contributed by atoms with E-state index in [9.17, 15) is 4.79 Å². The van der Waals surface area contributed by atoms with Gasteiger partial charge >= 0.3 is 5.97 Å². The van der Waals surface area contributed by atoms with Gasteiger partial charge in [-0.25, -0.2) is 4.79 Å². The zero-order chi connectivity index (χ0) is 18.4. The first-order valence-corrected chi connectivity index (χ1v) is 8.63. The molecule has 0 atom stereocenters. The summed E-state index contributed by atoms with van der Waals surface area (Å²) in [6, 6.07) is 10.8. The molecule has 0 fully saturated rings. The van der Waals surface area contributed by atoms with Crippen LogP contribution < -0.4 is 0 Å². The number of hydrogen-bond donors (Lipinski definition) is 0. The highest BCUT2D eigenvalue weighted by molar-refractivity contribution is 5.92. The summed E-state index contributed by atoms with van der Waals surface area (Å²) in [4.78, 5) is 11.4. The quantitative estimate of drug-likeness (QED) is 0.385. The van der Waals surface area contributed by atoms with Crippen molar-refractivity contribution in [1.82, 2.24) is 0 Å². The van der Waals surface area contributed by atoms with Gasteiger partial charge in [0.25, 0.3) is 0 Å². The van der Waals surface area contributed by atoms with Gasteiger partial charge in [-0.3, -0.25) is 0 Å². The fraction of sp³-hybridized carbons (Fsp3) is 0.261. The van der Waals surface area contributed by atoms with Gasteiger partial charge in [0.1, 0.15) is 0 Å². The van der Waals surface area contributed by atoms with Gasteiger partial charge in [-0.15, -0.1) is 0 Å². The standard InChI is InChI=1S/C23H26O2/c1-6-25-23(24)14-16(2)10-9-11-17(3)22-15-18(4)20-12-7-8-13-21(20)19(22)5/h7-15H,6H2,1-5H3/b10-9+,16-14+,17-11-. The molecule has 0 aliphatic heterocycles. The molecule has 2 heteroatoms. The number of fused-ring (bicyclic) bond motifs is 1. The van der Waals surface area contributed by atoms with Gasteiger partial charge in [0, 0.05) is 6.08 Å². The van der Waals surface area contributed by atoms with Gasteiger partial charge in [-0.05, 0) is 73.2 Å². The first-order chi connectivity index (χ1) is 11.9. The van der Waals surface area contributed by atoms with Gasteiger partial charge < -0.3 is 4.74 Å². The van der Waals surface area contributed by atoms with Crippen molar-refractivity contribution in [2.75, 3.05) is 6.61 Å². The summed E-state index contributed by atoms with van der Waals surface area (Å²) < 4.78 is 4.91. The summed E-state index contributed by atoms with van der Waals surface area (Å²) in [6.07, 6.45) is 7.49. The number of carbonyl (C=O) groups excluding carboxylic acids is 1. The number of esters is 1. The Balaban J connectivity index is 2.28. The number of aryl methyl sites for hydroxylation is 2. The SMILES string of the molecule is CCOC(=O)/C=C(C)/C=C/C=C(/C)c1cc(C)c2ccccc2c1C. The van der Waals surface area contributed by atoms with Crippen molar-refractivity contribution >= 4 is 22.3 Å². The molecule has 0 radical (unpaired) electrons. The molecule has 0 spiro atoms. The number of allylic oxidation sites excluding steroid dienone is 5. The molecule has 0 N–H and O–H groups in total. The van der Waals surface area contributed by atoms with Crippen LogP contribution in [-0.4, -0.2) is 12.6 Å². The fourth-order valence-electron chi connectivity index (χ4n) is 2.96. The largest absolute Gasteiger partial charge is 0.463 e. The summed E-state index contributed by atoms with van der Waals surface area (Å²) in [5.74, 6) is -0.300. The molecule has 0 unspecified atom stereocenters. The molecule has 0 aliphatic rings. The molecule has 0 heterocycles. The third-order valence-electron chi connectivity index (χ3n) is 4.28. The third kappa shape index (κ3) is 4.69. The fourth-order valence-corrected chi connectivity index (χ4v) is 2.96. The number of hydrogen-bond acceptors (Lipinski definition) is 2. The molecule has 0 amide bonds. The van der Waals surface area contributed by atoms with Gasteiger partial charge in [-0.2, -0.15) is 0 Å². The lowest BCUT2D eigenvalue weighted by molar-refractivity contribution is -0.137. The second kappa shape index (κ2) is 8.48. The second-order valence-corrected chi connectivity index (χ2v) is 6.26. The number of ether oxygens (including phenoxy) is 1. The highest BCUT2D eigenvalue weighted by atomic mass is 16.5. The Morgan fingerprint density at radius 1 is 1.12 bits per heavy atom. The molecule has 0 saturated heterocycles. The van der Waals surface area contributed by atoms with Crippen LogP contribution in [0.5, 0.6) is 0 Å². The summed E-state index contributed by atoms with van der Waals surface area (Å²) >= 11 is 0. The molecule has 0 aromatic heterocycles. The number of rotatable bonds is 5. The maximum absolute atomic E-state index is 11.4. The second-order valence-electron chi connectivity index (χ2n) is 6.26. The number of benzene rings is 2. The minimum absolute atomic E-state index is 0.300. The summed E-state index contributed by atoms with van der Waals surface area (Å²) in [7, 11) is 0. The average molecular weight is 334 g/mol. The van der Waals surface area contributed by atoms with E-state index in [1.165, 1.54) is 39.1 Å². The van der Waals surface area contributed by atoms with Crippen LogP contribution in [0.1, 0.15) is 37.5 Å². The first-order valence-electron chi connectivity index (χ1n) is 8.63. The van der Waals surface area contributed by atoms with Gasteiger partial charge in [0.2, 0.25) is 0 Å².